The summed E-state index contributed by atoms with van der Waals surface area (Å²) in [6.07, 6.45) is 1.50. The van der Waals surface area contributed by atoms with Crippen molar-refractivity contribution >= 4 is 17.1 Å². The fourth-order valence-corrected chi connectivity index (χ4v) is 3.04. The number of methoxy groups -OCH3 is 2. The molecular formula is C19H25N5O4. The molecule has 3 rings (SSSR count). The largest absolute Gasteiger partial charge is 0.497 e. The Morgan fingerprint density at radius 3 is 2.61 bits per heavy atom. The molecule has 2 N–H and O–H groups in total. The molecule has 9 heteroatoms. The Balaban J connectivity index is 1.93. The second-order valence-corrected chi connectivity index (χ2v) is 6.45. The molecule has 0 saturated heterocycles. The first-order chi connectivity index (χ1) is 13.5. The van der Waals surface area contributed by atoms with Crippen molar-refractivity contribution in [3.8, 4) is 5.75 Å². The Morgan fingerprint density at radius 2 is 1.93 bits per heavy atom. The van der Waals surface area contributed by atoms with Gasteiger partial charge in [-0.3, -0.25) is 14.3 Å². The zero-order valence-corrected chi connectivity index (χ0v) is 16.3. The molecule has 0 unspecified atom stereocenters. The maximum absolute atomic E-state index is 12.5. The molecule has 0 amide bonds. The van der Waals surface area contributed by atoms with Gasteiger partial charge in [0.2, 0.25) is 5.95 Å². The molecule has 0 aliphatic heterocycles. The number of hydrogen-bond donors (Lipinski definition) is 2. The smallest absolute Gasteiger partial charge is 0.329 e. The minimum Gasteiger partial charge on any atom is -0.497 e. The second kappa shape index (κ2) is 8.75. The predicted molar refractivity (Wildman–Crippen MR) is 107 cm³/mol. The summed E-state index contributed by atoms with van der Waals surface area (Å²) in [4.78, 5) is 31.2. The minimum atomic E-state index is -0.483. The molecule has 150 valence electrons. The van der Waals surface area contributed by atoms with Gasteiger partial charge in [0.05, 0.1) is 7.11 Å². The third kappa shape index (κ3) is 4.09. The Kier molecular flexibility index (Phi) is 6.15. The number of nitrogens with one attached hydrogen (secondary N) is 2. The number of H-pyrrole nitrogens is 1. The Hall–Kier alpha value is -3.07. The number of hydrogen-bond acceptors (Lipinski definition) is 6. The number of aromatic amines is 1. The minimum absolute atomic E-state index is 0.359. The van der Waals surface area contributed by atoms with Crippen LogP contribution in [-0.2, 0) is 24.8 Å². The van der Waals surface area contributed by atoms with E-state index >= 15 is 0 Å². The van der Waals surface area contributed by atoms with Crippen molar-refractivity contribution in [2.24, 2.45) is 7.05 Å². The quantitative estimate of drug-likeness (QED) is 0.534. The highest BCUT2D eigenvalue weighted by Crippen LogP contribution is 2.18. The first-order valence-electron chi connectivity index (χ1n) is 9.10. The van der Waals surface area contributed by atoms with Crippen LogP contribution in [0.3, 0.4) is 0 Å². The van der Waals surface area contributed by atoms with E-state index in [1.54, 1.807) is 21.3 Å². The lowest BCUT2D eigenvalue weighted by Gasteiger charge is -2.11. The van der Waals surface area contributed by atoms with E-state index in [4.69, 9.17) is 9.47 Å². The van der Waals surface area contributed by atoms with Crippen molar-refractivity contribution in [1.82, 2.24) is 19.1 Å². The van der Waals surface area contributed by atoms with Gasteiger partial charge in [-0.15, -0.1) is 0 Å². The van der Waals surface area contributed by atoms with E-state index in [1.165, 1.54) is 4.57 Å². The van der Waals surface area contributed by atoms with Gasteiger partial charge in [0.15, 0.2) is 11.2 Å². The molecule has 0 aliphatic carbocycles. The molecule has 9 nitrogen and oxygen atoms in total. The third-order valence-corrected chi connectivity index (χ3v) is 4.60. The predicted octanol–water partition coefficient (Wildman–Crippen LogP) is 1.12. The SMILES string of the molecule is COCCCNc1nc2c(c(=O)[nH]c(=O)n2C)n1CCc1ccc(OC)cc1. The number of nitrogens with zero attached hydrogens (tertiary/aromatic N) is 3. The fraction of sp³-hybridized carbons (Fsp3) is 0.421. The van der Waals surface area contributed by atoms with Gasteiger partial charge in [0.1, 0.15) is 5.75 Å². The molecule has 2 aromatic heterocycles. The molecule has 0 saturated carbocycles. The standard InChI is InChI=1S/C19H25N5O4/c1-23-16-15(17(25)22-19(23)26)24(18(21-16)20-10-4-12-27-2)11-9-13-5-7-14(28-3)8-6-13/h5-8H,4,9-12H2,1-3H3,(H,20,21)(H,22,25,26). The number of fused-ring (bicyclic) bond motifs is 1. The van der Waals surface area contributed by atoms with E-state index in [2.05, 4.69) is 15.3 Å². The number of ether oxygens (including phenoxy) is 2. The van der Waals surface area contributed by atoms with Gasteiger partial charge in [-0.2, -0.15) is 4.98 Å². The topological polar surface area (TPSA) is 103 Å². The lowest BCUT2D eigenvalue weighted by Crippen LogP contribution is -2.29. The van der Waals surface area contributed by atoms with Gasteiger partial charge in [-0.1, -0.05) is 12.1 Å². The Labute approximate surface area is 161 Å². The number of rotatable bonds is 9. The van der Waals surface area contributed by atoms with Gasteiger partial charge < -0.3 is 19.4 Å². The van der Waals surface area contributed by atoms with Crippen LogP contribution in [-0.4, -0.2) is 46.5 Å². The highest BCUT2D eigenvalue weighted by Gasteiger charge is 2.17. The highest BCUT2D eigenvalue weighted by atomic mass is 16.5. The molecule has 28 heavy (non-hydrogen) atoms. The van der Waals surface area contributed by atoms with Gasteiger partial charge in [0, 0.05) is 33.9 Å². The molecule has 1 aromatic carbocycles. The Bertz CT molecular complexity index is 1050. The van der Waals surface area contributed by atoms with E-state index < -0.39 is 11.2 Å². The van der Waals surface area contributed by atoms with Gasteiger partial charge in [0.25, 0.3) is 5.56 Å². The first-order valence-corrected chi connectivity index (χ1v) is 9.10. The van der Waals surface area contributed by atoms with Crippen LogP contribution in [0.15, 0.2) is 33.9 Å². The van der Waals surface area contributed by atoms with Crippen LogP contribution in [0.25, 0.3) is 11.2 Å². The number of imidazole rings is 1. The maximum Gasteiger partial charge on any atom is 0.329 e. The molecule has 0 radical (unpaired) electrons. The van der Waals surface area contributed by atoms with Crippen LogP contribution in [0.5, 0.6) is 5.75 Å². The van der Waals surface area contributed by atoms with E-state index in [1.807, 2.05) is 28.8 Å². The normalized spacial score (nSPS) is 11.1. The third-order valence-electron chi connectivity index (χ3n) is 4.60. The molecule has 0 aliphatic rings. The lowest BCUT2D eigenvalue weighted by atomic mass is 10.1. The van der Waals surface area contributed by atoms with Crippen LogP contribution in [0.4, 0.5) is 5.95 Å². The van der Waals surface area contributed by atoms with Crippen LogP contribution >= 0.6 is 0 Å². The molecule has 0 atom stereocenters. The number of anilines is 1. The van der Waals surface area contributed by atoms with Crippen LogP contribution in [0.2, 0.25) is 0 Å². The summed E-state index contributed by atoms with van der Waals surface area (Å²) in [7, 11) is 4.88. The summed E-state index contributed by atoms with van der Waals surface area (Å²) in [5, 5.41) is 3.25. The average Bonchev–Trinajstić information content (AvgIpc) is 3.07. The fourth-order valence-electron chi connectivity index (χ4n) is 3.04. The van der Waals surface area contributed by atoms with E-state index in [0.717, 1.165) is 17.7 Å². The molecule has 0 fully saturated rings. The summed E-state index contributed by atoms with van der Waals surface area (Å²) in [6, 6.07) is 7.79. The zero-order valence-electron chi connectivity index (χ0n) is 16.3. The van der Waals surface area contributed by atoms with Gasteiger partial charge in [-0.25, -0.2) is 4.79 Å². The molecular weight excluding hydrogens is 362 g/mol. The Morgan fingerprint density at radius 1 is 1.18 bits per heavy atom. The van der Waals surface area contributed by atoms with Crippen molar-refractivity contribution in [3.63, 3.8) is 0 Å². The second-order valence-electron chi connectivity index (χ2n) is 6.45. The summed E-state index contributed by atoms with van der Waals surface area (Å²) < 4.78 is 13.4. The molecule has 2 heterocycles. The van der Waals surface area contributed by atoms with E-state index in [9.17, 15) is 9.59 Å². The number of aryl methyl sites for hydroxylation is 3. The van der Waals surface area contributed by atoms with Crippen molar-refractivity contribution in [2.45, 2.75) is 19.4 Å². The lowest BCUT2D eigenvalue weighted by molar-refractivity contribution is 0.197. The summed E-state index contributed by atoms with van der Waals surface area (Å²) >= 11 is 0. The van der Waals surface area contributed by atoms with Crippen molar-refractivity contribution < 1.29 is 9.47 Å². The molecule has 3 aromatic rings. The summed E-state index contributed by atoms with van der Waals surface area (Å²) in [6.45, 7) is 1.81. The van der Waals surface area contributed by atoms with E-state index in [0.29, 0.717) is 43.2 Å². The monoisotopic (exact) mass is 387 g/mol. The van der Waals surface area contributed by atoms with Crippen LogP contribution in [0.1, 0.15) is 12.0 Å². The molecule has 0 bridgehead atoms. The highest BCUT2D eigenvalue weighted by molar-refractivity contribution is 5.74. The van der Waals surface area contributed by atoms with Crippen molar-refractivity contribution in [3.05, 3.63) is 50.7 Å². The van der Waals surface area contributed by atoms with Crippen molar-refractivity contribution in [1.29, 1.82) is 0 Å². The van der Waals surface area contributed by atoms with Crippen LogP contribution in [0, 0.1) is 0 Å². The first kappa shape index (κ1) is 19.7. The molecule has 0 spiro atoms. The number of aromatic nitrogens is 4. The van der Waals surface area contributed by atoms with Crippen molar-refractivity contribution in [2.75, 3.05) is 32.7 Å². The average molecular weight is 387 g/mol. The summed E-state index contributed by atoms with van der Waals surface area (Å²) in [5.74, 6) is 1.36. The van der Waals surface area contributed by atoms with Gasteiger partial charge >= 0.3 is 5.69 Å². The van der Waals surface area contributed by atoms with Crippen LogP contribution < -0.4 is 21.3 Å². The number of benzene rings is 1. The summed E-state index contributed by atoms with van der Waals surface area (Å²) in [5.41, 5.74) is 0.922. The maximum atomic E-state index is 12.5. The zero-order chi connectivity index (χ0) is 20.1. The van der Waals surface area contributed by atoms with E-state index in [-0.39, 0.29) is 0 Å². The van der Waals surface area contributed by atoms with Gasteiger partial charge in [-0.05, 0) is 30.5 Å².